The zero-order chi connectivity index (χ0) is 25.8. The summed E-state index contributed by atoms with van der Waals surface area (Å²) in [7, 11) is 0. The molecule has 0 unspecified atom stereocenters. The molecule has 0 aliphatic carbocycles. The molecule has 7 nitrogen and oxygen atoms in total. The zero-order valence-electron chi connectivity index (χ0n) is 20.4. The van der Waals surface area contributed by atoms with Gasteiger partial charge in [0.25, 0.3) is 0 Å². The van der Waals surface area contributed by atoms with Crippen LogP contribution >= 0.6 is 0 Å². The lowest BCUT2D eigenvalue weighted by Gasteiger charge is -2.15. The van der Waals surface area contributed by atoms with Crippen LogP contribution < -0.4 is 15.5 Å². The number of halogens is 1. The van der Waals surface area contributed by atoms with Crippen LogP contribution in [0.3, 0.4) is 0 Å². The molecule has 1 saturated heterocycles. The van der Waals surface area contributed by atoms with E-state index in [4.69, 9.17) is 4.74 Å². The van der Waals surface area contributed by atoms with Gasteiger partial charge < -0.3 is 19.9 Å². The number of benzene rings is 3. The number of nitrogens with one attached hydrogen (secondary N) is 2. The fraction of sp³-hybridized carbons (Fsp3) is 0.172. The monoisotopic (exact) mass is 498 g/mol. The van der Waals surface area contributed by atoms with Gasteiger partial charge in [-0.3, -0.25) is 9.69 Å². The van der Waals surface area contributed by atoms with Gasteiger partial charge in [0.15, 0.2) is 0 Å². The highest BCUT2D eigenvalue weighted by Gasteiger charge is 2.32. The van der Waals surface area contributed by atoms with E-state index < -0.39 is 18.0 Å². The predicted molar refractivity (Wildman–Crippen MR) is 141 cm³/mol. The summed E-state index contributed by atoms with van der Waals surface area (Å²) in [5, 5.41) is 6.04. The summed E-state index contributed by atoms with van der Waals surface area (Å²) in [6.45, 7) is 2.50. The fourth-order valence-corrected chi connectivity index (χ4v) is 4.27. The first-order chi connectivity index (χ1) is 18.0. The second-order valence-corrected chi connectivity index (χ2v) is 8.91. The summed E-state index contributed by atoms with van der Waals surface area (Å²) in [6.07, 6.45) is 2.98. The second kappa shape index (κ2) is 10.6. The maximum Gasteiger partial charge on any atom is 0.414 e. The minimum Gasteiger partial charge on any atom is -0.442 e. The van der Waals surface area contributed by atoms with Gasteiger partial charge >= 0.3 is 6.09 Å². The summed E-state index contributed by atoms with van der Waals surface area (Å²) in [4.78, 5) is 24.7. The van der Waals surface area contributed by atoms with Crippen molar-refractivity contribution in [3.8, 4) is 16.8 Å². The highest BCUT2D eigenvalue weighted by molar-refractivity contribution is 5.90. The molecule has 0 bridgehead atoms. The van der Waals surface area contributed by atoms with E-state index >= 15 is 4.39 Å². The molecule has 1 aliphatic rings. The Kier molecular flexibility index (Phi) is 6.89. The van der Waals surface area contributed by atoms with Gasteiger partial charge in [-0.2, -0.15) is 0 Å². The van der Waals surface area contributed by atoms with Gasteiger partial charge in [0, 0.05) is 42.8 Å². The quantitative estimate of drug-likeness (QED) is 0.343. The number of amides is 2. The molecule has 188 valence electrons. The van der Waals surface area contributed by atoms with Crippen molar-refractivity contribution < 1.29 is 18.7 Å². The molecule has 3 aromatic carbocycles. The molecule has 0 radical (unpaired) electrons. The first-order valence-electron chi connectivity index (χ1n) is 12.0. The molecule has 5 rings (SSSR count). The van der Waals surface area contributed by atoms with E-state index in [1.54, 1.807) is 12.1 Å². The van der Waals surface area contributed by atoms with Crippen LogP contribution in [0.15, 0.2) is 91.3 Å². The van der Waals surface area contributed by atoms with Crippen LogP contribution in [0.25, 0.3) is 16.8 Å². The van der Waals surface area contributed by atoms with E-state index in [9.17, 15) is 9.59 Å². The van der Waals surface area contributed by atoms with Crippen LogP contribution in [0.5, 0.6) is 0 Å². The molecule has 1 aromatic heterocycles. The molecule has 2 heterocycles. The van der Waals surface area contributed by atoms with Crippen molar-refractivity contribution >= 4 is 23.4 Å². The van der Waals surface area contributed by atoms with Gasteiger partial charge in [-0.15, -0.1) is 0 Å². The molecule has 2 N–H and O–H groups in total. The van der Waals surface area contributed by atoms with Crippen molar-refractivity contribution in [1.82, 2.24) is 9.88 Å². The average Bonchev–Trinajstić information content (AvgIpc) is 3.57. The Morgan fingerprint density at radius 3 is 2.38 bits per heavy atom. The van der Waals surface area contributed by atoms with Gasteiger partial charge in [-0.1, -0.05) is 24.3 Å². The lowest BCUT2D eigenvalue weighted by Crippen LogP contribution is -2.33. The van der Waals surface area contributed by atoms with Crippen LogP contribution in [0.2, 0.25) is 0 Å². The SMILES string of the molecule is CC(=O)NC[C@H]1CN(c2ccc(-c3ccc(CNc4ccc(-n5cccc5)cc4)cc3)c(F)c2)C(=O)O1. The smallest absolute Gasteiger partial charge is 0.414 e. The number of anilines is 2. The number of cyclic esters (lactones) is 1. The lowest BCUT2D eigenvalue weighted by atomic mass is 10.0. The third-order valence-electron chi connectivity index (χ3n) is 6.25. The molecule has 1 fully saturated rings. The van der Waals surface area contributed by atoms with Crippen LogP contribution in [0, 0.1) is 5.82 Å². The number of hydrogen-bond donors (Lipinski definition) is 2. The molecule has 0 spiro atoms. The first-order valence-corrected chi connectivity index (χ1v) is 12.0. The highest BCUT2D eigenvalue weighted by Crippen LogP contribution is 2.29. The molecule has 2 amide bonds. The van der Waals surface area contributed by atoms with Crippen molar-refractivity contribution in [3.05, 3.63) is 103 Å². The van der Waals surface area contributed by atoms with Gasteiger partial charge in [0.05, 0.1) is 18.8 Å². The van der Waals surface area contributed by atoms with E-state index in [1.807, 2.05) is 60.9 Å². The van der Waals surface area contributed by atoms with Crippen molar-refractivity contribution in [2.75, 3.05) is 23.3 Å². The molecule has 37 heavy (non-hydrogen) atoms. The Morgan fingerprint density at radius 2 is 1.70 bits per heavy atom. The molecular formula is C29H27FN4O3. The molecular weight excluding hydrogens is 471 g/mol. The Balaban J connectivity index is 1.20. The molecule has 0 saturated carbocycles. The number of nitrogens with zero attached hydrogens (tertiary/aromatic N) is 2. The average molecular weight is 499 g/mol. The summed E-state index contributed by atoms with van der Waals surface area (Å²) in [5.74, 6) is -0.627. The second-order valence-electron chi connectivity index (χ2n) is 8.91. The number of aromatic nitrogens is 1. The standard InChI is InChI=1S/C29H27FN4O3/c1-20(35)31-18-26-19-34(29(36)37-26)25-12-13-27(28(30)16-25)22-6-4-21(5-7-22)17-32-23-8-10-24(11-9-23)33-14-2-3-15-33/h2-16,26,32H,17-19H2,1H3,(H,31,35)/t26-/m0/s1. The van der Waals surface area contributed by atoms with Crippen LogP contribution in [0.4, 0.5) is 20.6 Å². The molecule has 8 heteroatoms. The summed E-state index contributed by atoms with van der Waals surface area (Å²) in [6, 6.07) is 24.6. The van der Waals surface area contributed by atoms with Crippen LogP contribution in [-0.2, 0) is 16.1 Å². The first kappa shape index (κ1) is 24.1. The lowest BCUT2D eigenvalue weighted by molar-refractivity contribution is -0.119. The molecule has 1 atom stereocenters. The number of rotatable bonds is 8. The van der Waals surface area contributed by atoms with E-state index in [0.717, 1.165) is 22.5 Å². The number of carbonyl (C=O) groups is 2. The number of hydrogen-bond acceptors (Lipinski definition) is 4. The Morgan fingerprint density at radius 1 is 1.00 bits per heavy atom. The van der Waals surface area contributed by atoms with E-state index in [2.05, 4.69) is 27.3 Å². The van der Waals surface area contributed by atoms with Crippen LogP contribution in [-0.4, -0.2) is 35.8 Å². The zero-order valence-corrected chi connectivity index (χ0v) is 20.4. The maximum atomic E-state index is 15.0. The Bertz CT molecular complexity index is 1390. The number of ether oxygens (including phenoxy) is 1. The van der Waals surface area contributed by atoms with Crippen LogP contribution in [0.1, 0.15) is 12.5 Å². The number of carbonyl (C=O) groups excluding carboxylic acids is 2. The third kappa shape index (κ3) is 5.64. The Labute approximate surface area is 214 Å². The Hall–Kier alpha value is -4.59. The van der Waals surface area contributed by atoms with E-state index in [1.165, 1.54) is 17.9 Å². The van der Waals surface area contributed by atoms with Gasteiger partial charge in [0.1, 0.15) is 11.9 Å². The maximum absolute atomic E-state index is 15.0. The topological polar surface area (TPSA) is 75.6 Å². The normalized spacial score (nSPS) is 14.9. The molecule has 4 aromatic rings. The molecule has 1 aliphatic heterocycles. The third-order valence-corrected chi connectivity index (χ3v) is 6.25. The largest absolute Gasteiger partial charge is 0.442 e. The van der Waals surface area contributed by atoms with Gasteiger partial charge in [0.2, 0.25) is 5.91 Å². The van der Waals surface area contributed by atoms with Gasteiger partial charge in [-0.05, 0) is 65.7 Å². The van der Waals surface area contributed by atoms with Crippen molar-refractivity contribution in [2.45, 2.75) is 19.6 Å². The summed E-state index contributed by atoms with van der Waals surface area (Å²) < 4.78 is 22.3. The minimum atomic E-state index is -0.557. The fourth-order valence-electron chi connectivity index (χ4n) is 4.27. The summed E-state index contributed by atoms with van der Waals surface area (Å²) >= 11 is 0. The highest BCUT2D eigenvalue weighted by atomic mass is 19.1. The summed E-state index contributed by atoms with van der Waals surface area (Å²) in [5.41, 5.74) is 4.80. The van der Waals surface area contributed by atoms with E-state index in [0.29, 0.717) is 17.8 Å². The van der Waals surface area contributed by atoms with Crippen molar-refractivity contribution in [3.63, 3.8) is 0 Å². The predicted octanol–water partition coefficient (Wildman–Crippen LogP) is 5.36. The van der Waals surface area contributed by atoms with E-state index in [-0.39, 0.29) is 19.0 Å². The van der Waals surface area contributed by atoms with Gasteiger partial charge in [-0.25, -0.2) is 9.18 Å². The van der Waals surface area contributed by atoms with Crippen molar-refractivity contribution in [2.24, 2.45) is 0 Å². The minimum absolute atomic E-state index is 0.200. The van der Waals surface area contributed by atoms with Crippen molar-refractivity contribution in [1.29, 1.82) is 0 Å².